The van der Waals surface area contributed by atoms with Crippen molar-refractivity contribution in [1.29, 1.82) is 0 Å². The van der Waals surface area contributed by atoms with E-state index in [9.17, 15) is 4.79 Å². The van der Waals surface area contributed by atoms with E-state index in [0.717, 1.165) is 6.42 Å². The van der Waals surface area contributed by atoms with Crippen molar-refractivity contribution in [1.82, 2.24) is 0 Å². The Morgan fingerprint density at radius 1 is 1.18 bits per heavy atom. The van der Waals surface area contributed by atoms with Gasteiger partial charge >= 0.3 is 0 Å². The van der Waals surface area contributed by atoms with Crippen LogP contribution < -0.4 is 0 Å². The number of allylic oxidation sites excluding steroid dienone is 4. The topological polar surface area (TPSA) is 26.3 Å². The van der Waals surface area contributed by atoms with Crippen molar-refractivity contribution in [3.05, 3.63) is 36.5 Å². The number of carbonyl (C=O) groups is 1. The molecule has 3 atom stereocenters. The first-order valence-corrected chi connectivity index (χ1v) is 9.61. The minimum Gasteiger partial charge on any atom is -0.410 e. The molecular weight excluding hydrogens is 228 g/mol. The molecule has 2 aliphatic carbocycles. The van der Waals surface area contributed by atoms with Gasteiger partial charge in [-0.05, 0) is 26.1 Å². The van der Waals surface area contributed by atoms with Gasteiger partial charge in [-0.3, -0.25) is 4.79 Å². The van der Waals surface area contributed by atoms with Gasteiger partial charge in [-0.1, -0.05) is 36.5 Å². The van der Waals surface area contributed by atoms with Crippen molar-refractivity contribution in [3.8, 4) is 0 Å². The lowest BCUT2D eigenvalue weighted by atomic mass is 9.91. The summed E-state index contributed by atoms with van der Waals surface area (Å²) in [5.74, 6) is 0.213. The molecule has 92 valence electrons. The fourth-order valence-corrected chi connectivity index (χ4v) is 3.33. The van der Waals surface area contributed by atoms with E-state index >= 15 is 0 Å². The molecule has 0 fully saturated rings. The zero-order chi connectivity index (χ0) is 12.5. The quantitative estimate of drug-likeness (QED) is 0.554. The molecule has 0 aliphatic heterocycles. The van der Waals surface area contributed by atoms with Crippen LogP contribution in [0.1, 0.15) is 6.42 Å². The van der Waals surface area contributed by atoms with Gasteiger partial charge in [0.2, 0.25) is 0 Å². The number of fused-ring (bicyclic) bond motifs is 2. The third-order valence-electron chi connectivity index (χ3n) is 3.03. The molecule has 17 heavy (non-hydrogen) atoms. The molecule has 2 aliphatic rings. The van der Waals surface area contributed by atoms with Crippen LogP contribution in [0.4, 0.5) is 0 Å². The number of hydrogen-bond donors (Lipinski definition) is 0. The largest absolute Gasteiger partial charge is 0.410 e. The molecule has 0 amide bonds. The van der Waals surface area contributed by atoms with Crippen LogP contribution in [0.15, 0.2) is 36.5 Å². The van der Waals surface area contributed by atoms with Gasteiger partial charge in [-0.15, -0.1) is 0 Å². The van der Waals surface area contributed by atoms with Crippen LogP contribution >= 0.6 is 0 Å². The van der Waals surface area contributed by atoms with Crippen LogP contribution in [0.25, 0.3) is 0 Å². The number of ketones is 1. The predicted molar refractivity (Wildman–Crippen MR) is 72.2 cm³/mol. The van der Waals surface area contributed by atoms with Gasteiger partial charge in [0.05, 0.1) is 12.0 Å². The first-order valence-electron chi connectivity index (χ1n) is 6.20. The first-order chi connectivity index (χ1) is 7.97. The fraction of sp³-hybridized carbons (Fsp3) is 0.500. The molecule has 3 unspecified atom stereocenters. The summed E-state index contributed by atoms with van der Waals surface area (Å²) in [5, 5.41) is 0. The van der Waals surface area contributed by atoms with E-state index in [1.54, 1.807) is 0 Å². The van der Waals surface area contributed by atoms with Crippen molar-refractivity contribution in [2.24, 2.45) is 11.8 Å². The SMILES string of the molecule is C[Si](C)(C)OC1C=CCC2C=CC=CC1C2=O. The highest BCUT2D eigenvalue weighted by Gasteiger charge is 2.34. The summed E-state index contributed by atoms with van der Waals surface area (Å²) < 4.78 is 6.12. The van der Waals surface area contributed by atoms with Gasteiger partial charge in [0.1, 0.15) is 5.78 Å². The summed E-state index contributed by atoms with van der Waals surface area (Å²) in [5.41, 5.74) is 0. The Kier molecular flexibility index (Phi) is 3.49. The van der Waals surface area contributed by atoms with E-state index in [4.69, 9.17) is 4.43 Å². The standard InChI is InChI=1S/C14H20O2Si/c1-17(2,3)16-13-10-6-8-11-7-4-5-9-12(13)14(11)15/h4-7,9-13H,8H2,1-3H3. The van der Waals surface area contributed by atoms with Crippen molar-refractivity contribution in [2.45, 2.75) is 32.2 Å². The second-order valence-corrected chi connectivity index (χ2v) is 10.1. The van der Waals surface area contributed by atoms with E-state index in [2.05, 4.69) is 31.8 Å². The third kappa shape index (κ3) is 3.04. The Morgan fingerprint density at radius 2 is 1.88 bits per heavy atom. The lowest BCUT2D eigenvalue weighted by Crippen LogP contribution is -2.38. The Labute approximate surface area is 104 Å². The van der Waals surface area contributed by atoms with E-state index in [1.165, 1.54) is 0 Å². The van der Waals surface area contributed by atoms with Gasteiger partial charge < -0.3 is 4.43 Å². The lowest BCUT2D eigenvalue weighted by Gasteiger charge is -2.28. The molecule has 0 N–H and O–H groups in total. The summed E-state index contributed by atoms with van der Waals surface area (Å²) in [6, 6.07) is 0. The minimum absolute atomic E-state index is 0.0292. The molecule has 0 aromatic carbocycles. The molecule has 0 spiro atoms. The Morgan fingerprint density at radius 3 is 2.59 bits per heavy atom. The van der Waals surface area contributed by atoms with Crippen LogP contribution in [0.3, 0.4) is 0 Å². The van der Waals surface area contributed by atoms with Crippen molar-refractivity contribution < 1.29 is 9.22 Å². The molecule has 2 bridgehead atoms. The summed E-state index contributed by atoms with van der Waals surface area (Å²) >= 11 is 0. The predicted octanol–water partition coefficient (Wildman–Crippen LogP) is 3.09. The molecule has 0 radical (unpaired) electrons. The molecule has 2 rings (SSSR count). The van der Waals surface area contributed by atoms with E-state index in [0.29, 0.717) is 5.78 Å². The van der Waals surface area contributed by atoms with E-state index in [-0.39, 0.29) is 17.9 Å². The van der Waals surface area contributed by atoms with Crippen LogP contribution in [-0.2, 0) is 9.22 Å². The van der Waals surface area contributed by atoms with Crippen LogP contribution in [-0.4, -0.2) is 20.2 Å². The van der Waals surface area contributed by atoms with Gasteiger partial charge in [0, 0.05) is 5.92 Å². The molecule has 0 aromatic rings. The van der Waals surface area contributed by atoms with Crippen molar-refractivity contribution in [3.63, 3.8) is 0 Å². The summed E-state index contributed by atoms with van der Waals surface area (Å²) in [4.78, 5) is 12.3. The van der Waals surface area contributed by atoms with Gasteiger partial charge in [0.25, 0.3) is 0 Å². The fourth-order valence-electron chi connectivity index (χ4n) is 2.28. The minimum atomic E-state index is -1.63. The zero-order valence-electron chi connectivity index (χ0n) is 10.7. The molecule has 0 aromatic heterocycles. The highest BCUT2D eigenvalue weighted by Crippen LogP contribution is 2.28. The zero-order valence-corrected chi connectivity index (χ0v) is 11.7. The van der Waals surface area contributed by atoms with E-state index in [1.807, 2.05) is 24.3 Å². The molecule has 0 heterocycles. The smallest absolute Gasteiger partial charge is 0.184 e. The Hall–Kier alpha value is -0.933. The molecule has 0 saturated carbocycles. The summed E-state index contributed by atoms with van der Waals surface area (Å²) in [6.07, 6.45) is 12.8. The summed E-state index contributed by atoms with van der Waals surface area (Å²) in [7, 11) is -1.63. The second kappa shape index (κ2) is 4.74. The summed E-state index contributed by atoms with van der Waals surface area (Å²) in [6.45, 7) is 6.48. The highest BCUT2D eigenvalue weighted by molar-refractivity contribution is 6.69. The molecule has 2 nitrogen and oxygen atoms in total. The average Bonchev–Trinajstić information content (AvgIpc) is 2.47. The second-order valence-electron chi connectivity index (χ2n) is 5.66. The molecule has 0 saturated heterocycles. The van der Waals surface area contributed by atoms with Gasteiger partial charge in [-0.25, -0.2) is 0 Å². The normalized spacial score (nSPS) is 32.4. The van der Waals surface area contributed by atoms with Crippen LogP contribution in [0, 0.1) is 11.8 Å². The van der Waals surface area contributed by atoms with Gasteiger partial charge in [0.15, 0.2) is 8.32 Å². The Balaban J connectivity index is 2.25. The lowest BCUT2D eigenvalue weighted by molar-refractivity contribution is -0.125. The molecule has 3 heteroatoms. The van der Waals surface area contributed by atoms with Crippen LogP contribution in [0.5, 0.6) is 0 Å². The van der Waals surface area contributed by atoms with Gasteiger partial charge in [-0.2, -0.15) is 0 Å². The third-order valence-corrected chi connectivity index (χ3v) is 4.01. The van der Waals surface area contributed by atoms with Crippen molar-refractivity contribution >= 4 is 14.1 Å². The number of Topliss-reactive ketones (excluding diaryl/α,β-unsaturated/α-hetero) is 1. The van der Waals surface area contributed by atoms with Crippen molar-refractivity contribution in [2.75, 3.05) is 0 Å². The highest BCUT2D eigenvalue weighted by atomic mass is 28.4. The molecular formula is C14H20O2Si. The monoisotopic (exact) mass is 248 g/mol. The van der Waals surface area contributed by atoms with E-state index < -0.39 is 8.32 Å². The first kappa shape index (κ1) is 12.5. The number of carbonyl (C=O) groups excluding carboxylic acids is 1. The maximum absolute atomic E-state index is 12.3. The number of hydrogen-bond acceptors (Lipinski definition) is 2. The average molecular weight is 248 g/mol. The maximum atomic E-state index is 12.3. The maximum Gasteiger partial charge on any atom is 0.184 e. The Bertz CT molecular complexity index is 388. The van der Waals surface area contributed by atoms with Crippen LogP contribution in [0.2, 0.25) is 19.6 Å². The number of rotatable bonds is 2.